The average Bonchev–Trinajstić information content (AvgIpc) is 1.86. The highest BCUT2D eigenvalue weighted by atomic mass is 32.1. The predicted molar refractivity (Wildman–Crippen MR) is 26.1 cm³/mol. The highest BCUT2D eigenvalue weighted by Crippen LogP contribution is 1.97. The molecule has 3 heteroatoms. The molecule has 1 aliphatic rings. The van der Waals surface area contributed by atoms with E-state index in [1.165, 1.54) is 0 Å². The van der Waals surface area contributed by atoms with E-state index in [0.29, 0.717) is 0 Å². The molecule has 0 fully saturated rings. The second-order valence-electron chi connectivity index (χ2n) is 0.958. The minimum atomic E-state index is -0.120. The lowest BCUT2D eigenvalue weighted by Crippen LogP contribution is -2.11. The van der Waals surface area contributed by atoms with Crippen molar-refractivity contribution in [2.45, 2.75) is 5.56 Å². The molecule has 0 radical (unpaired) electrons. The molecule has 0 spiro atoms. The van der Waals surface area contributed by atoms with Gasteiger partial charge in [0, 0.05) is 6.20 Å². The third-order valence-electron chi connectivity index (χ3n) is 0.514. The van der Waals surface area contributed by atoms with Crippen molar-refractivity contribution in [2.24, 2.45) is 0 Å². The van der Waals surface area contributed by atoms with E-state index in [4.69, 9.17) is 4.74 Å². The average molecular weight is 103 g/mol. The van der Waals surface area contributed by atoms with Crippen molar-refractivity contribution in [3.8, 4) is 0 Å². The number of hydrogen-bond donors (Lipinski definition) is 2. The highest BCUT2D eigenvalue weighted by Gasteiger charge is 1.98. The Morgan fingerprint density at radius 1 is 1.83 bits per heavy atom. The van der Waals surface area contributed by atoms with Gasteiger partial charge >= 0.3 is 0 Å². The van der Waals surface area contributed by atoms with Crippen LogP contribution in [0.2, 0.25) is 0 Å². The fourth-order valence-corrected chi connectivity index (χ4v) is 0.431. The molecule has 0 aromatic carbocycles. The van der Waals surface area contributed by atoms with Crippen LogP contribution in [-0.2, 0) is 4.74 Å². The fourth-order valence-electron chi connectivity index (χ4n) is 0.275. The van der Waals surface area contributed by atoms with Crippen LogP contribution in [0, 0.1) is 0 Å². The molecular weight excluding hydrogens is 98.1 g/mol. The van der Waals surface area contributed by atoms with E-state index >= 15 is 0 Å². The van der Waals surface area contributed by atoms with Gasteiger partial charge in [0.1, 0.15) is 6.26 Å². The van der Waals surface area contributed by atoms with E-state index in [1.807, 2.05) is 0 Å². The summed E-state index contributed by atoms with van der Waals surface area (Å²) < 4.78 is 4.73. The van der Waals surface area contributed by atoms with Gasteiger partial charge in [-0.3, -0.25) is 0 Å². The van der Waals surface area contributed by atoms with Crippen molar-refractivity contribution < 1.29 is 4.74 Å². The zero-order chi connectivity index (χ0) is 4.41. The Balaban J connectivity index is 2.32. The quantitative estimate of drug-likeness (QED) is 0.430. The lowest BCUT2D eigenvalue weighted by Gasteiger charge is -1.98. The first-order valence-electron chi connectivity index (χ1n) is 1.64. The molecule has 2 nitrogen and oxygen atoms in total. The second kappa shape index (κ2) is 1.43. The van der Waals surface area contributed by atoms with Crippen LogP contribution < -0.4 is 5.32 Å². The van der Waals surface area contributed by atoms with E-state index in [-0.39, 0.29) is 5.56 Å². The second-order valence-corrected chi connectivity index (χ2v) is 1.43. The Hall–Kier alpha value is -0.310. The molecule has 0 aromatic heterocycles. The number of hydrogen-bond acceptors (Lipinski definition) is 3. The zero-order valence-corrected chi connectivity index (χ0v) is 3.98. The molecule has 1 atom stereocenters. The molecule has 0 amide bonds. The molecule has 1 rings (SSSR count). The van der Waals surface area contributed by atoms with Crippen LogP contribution >= 0.6 is 12.6 Å². The first-order valence-corrected chi connectivity index (χ1v) is 2.16. The van der Waals surface area contributed by atoms with Gasteiger partial charge in [-0.2, -0.15) is 0 Å². The van der Waals surface area contributed by atoms with E-state index in [0.717, 1.165) is 0 Å². The Bertz CT molecular complexity index is 65.2. The minimum absolute atomic E-state index is 0.120. The molecule has 6 heavy (non-hydrogen) atoms. The minimum Gasteiger partial charge on any atom is -0.468 e. The Morgan fingerprint density at radius 3 is 2.83 bits per heavy atom. The van der Waals surface area contributed by atoms with Crippen molar-refractivity contribution in [1.29, 1.82) is 0 Å². The summed E-state index contributed by atoms with van der Waals surface area (Å²) in [6.45, 7) is 0. The lowest BCUT2D eigenvalue weighted by molar-refractivity contribution is 0.236. The molecule has 1 heterocycles. The Labute approximate surface area is 41.6 Å². The number of nitrogens with one attached hydrogen (secondary N) is 1. The van der Waals surface area contributed by atoms with E-state index < -0.39 is 0 Å². The Kier molecular flexibility index (Phi) is 0.919. The largest absolute Gasteiger partial charge is 0.468 e. The summed E-state index contributed by atoms with van der Waals surface area (Å²) in [6, 6.07) is 0. The van der Waals surface area contributed by atoms with Crippen molar-refractivity contribution in [1.82, 2.24) is 5.32 Å². The SMILES string of the molecule is SC1NC=CO1. The van der Waals surface area contributed by atoms with Crippen LogP contribution in [0.4, 0.5) is 0 Å². The van der Waals surface area contributed by atoms with Crippen LogP contribution in [-0.4, -0.2) is 5.56 Å². The van der Waals surface area contributed by atoms with Gasteiger partial charge in [-0.1, -0.05) is 0 Å². The first-order chi connectivity index (χ1) is 2.89. The molecule has 34 valence electrons. The normalized spacial score (nSPS) is 29.2. The molecule has 1 unspecified atom stereocenters. The third-order valence-corrected chi connectivity index (χ3v) is 0.785. The predicted octanol–water partition coefficient (Wildman–Crippen LogP) is 0.291. The van der Waals surface area contributed by atoms with Crippen molar-refractivity contribution in [3.63, 3.8) is 0 Å². The highest BCUT2D eigenvalue weighted by molar-refractivity contribution is 7.80. The summed E-state index contributed by atoms with van der Waals surface area (Å²) in [7, 11) is 0. The van der Waals surface area contributed by atoms with Gasteiger partial charge in [-0.25, -0.2) is 0 Å². The number of ether oxygens (including phenoxy) is 1. The summed E-state index contributed by atoms with van der Waals surface area (Å²) in [5, 5.41) is 2.78. The van der Waals surface area contributed by atoms with Crippen LogP contribution in [0.25, 0.3) is 0 Å². The number of thiol groups is 1. The number of rotatable bonds is 0. The standard InChI is InChI=1S/C3H5NOS/c6-3-4-1-2-5-3/h1-4,6H. The maximum Gasteiger partial charge on any atom is 0.214 e. The first kappa shape index (κ1) is 3.87. The van der Waals surface area contributed by atoms with Crippen LogP contribution in [0.5, 0.6) is 0 Å². The van der Waals surface area contributed by atoms with Crippen LogP contribution in [0.1, 0.15) is 0 Å². The summed E-state index contributed by atoms with van der Waals surface area (Å²) >= 11 is 3.90. The summed E-state index contributed by atoms with van der Waals surface area (Å²) in [4.78, 5) is 0. The van der Waals surface area contributed by atoms with Gasteiger partial charge in [-0.15, -0.1) is 12.6 Å². The molecule has 1 N–H and O–H groups in total. The van der Waals surface area contributed by atoms with Crippen LogP contribution in [0.15, 0.2) is 12.5 Å². The topological polar surface area (TPSA) is 21.3 Å². The molecule has 0 aromatic rings. The summed E-state index contributed by atoms with van der Waals surface area (Å²) in [5.74, 6) is 0. The molecule has 0 aliphatic carbocycles. The van der Waals surface area contributed by atoms with Gasteiger partial charge in [-0.05, 0) is 0 Å². The molecule has 1 aliphatic heterocycles. The maximum atomic E-state index is 4.73. The smallest absolute Gasteiger partial charge is 0.214 e. The molecule has 0 saturated carbocycles. The lowest BCUT2D eigenvalue weighted by atomic mass is 11.0. The summed E-state index contributed by atoms with van der Waals surface area (Å²) in [6.07, 6.45) is 3.27. The van der Waals surface area contributed by atoms with Gasteiger partial charge in [0.15, 0.2) is 0 Å². The zero-order valence-electron chi connectivity index (χ0n) is 3.09. The maximum absolute atomic E-state index is 4.73. The molecule has 0 bridgehead atoms. The van der Waals surface area contributed by atoms with Crippen LogP contribution in [0.3, 0.4) is 0 Å². The molecular formula is C3H5NOS. The van der Waals surface area contributed by atoms with E-state index in [9.17, 15) is 0 Å². The van der Waals surface area contributed by atoms with Gasteiger partial charge in [0.05, 0.1) is 0 Å². The Morgan fingerprint density at radius 2 is 2.67 bits per heavy atom. The third kappa shape index (κ3) is 0.597. The van der Waals surface area contributed by atoms with Crippen molar-refractivity contribution in [2.75, 3.05) is 0 Å². The van der Waals surface area contributed by atoms with Crippen molar-refractivity contribution >= 4 is 12.6 Å². The van der Waals surface area contributed by atoms with Gasteiger partial charge in [0.25, 0.3) is 0 Å². The van der Waals surface area contributed by atoms with E-state index in [2.05, 4.69) is 17.9 Å². The van der Waals surface area contributed by atoms with Gasteiger partial charge in [0.2, 0.25) is 5.56 Å². The molecule has 0 saturated heterocycles. The van der Waals surface area contributed by atoms with E-state index in [1.54, 1.807) is 12.5 Å². The fraction of sp³-hybridized carbons (Fsp3) is 0.333. The van der Waals surface area contributed by atoms with Crippen molar-refractivity contribution in [3.05, 3.63) is 12.5 Å². The summed E-state index contributed by atoms with van der Waals surface area (Å²) in [5.41, 5.74) is -0.120. The van der Waals surface area contributed by atoms with Gasteiger partial charge < -0.3 is 10.1 Å². The monoisotopic (exact) mass is 103 g/mol.